The van der Waals surface area contributed by atoms with Gasteiger partial charge in [0.25, 0.3) is 0 Å². The first-order valence-electron chi connectivity index (χ1n) is 10.1. The molecule has 0 amide bonds. The molecule has 2 aliphatic rings. The van der Waals surface area contributed by atoms with Gasteiger partial charge in [0.05, 0.1) is 6.54 Å². The van der Waals surface area contributed by atoms with Crippen LogP contribution in [0.25, 0.3) is 0 Å². The van der Waals surface area contributed by atoms with Crippen molar-refractivity contribution in [1.29, 1.82) is 0 Å². The summed E-state index contributed by atoms with van der Waals surface area (Å²) >= 11 is 0. The van der Waals surface area contributed by atoms with Crippen molar-refractivity contribution >= 4 is 35.6 Å². The molecule has 1 aromatic rings. The quantitative estimate of drug-likeness (QED) is 0.382. The first-order chi connectivity index (χ1) is 12.5. The molecule has 1 aliphatic heterocycles. The fourth-order valence-corrected chi connectivity index (χ4v) is 4.17. The third-order valence-corrected chi connectivity index (χ3v) is 5.88. The minimum atomic E-state index is 0. The molecule has 3 rings (SSSR count). The van der Waals surface area contributed by atoms with Crippen LogP contribution >= 0.6 is 24.0 Å². The molecule has 6 heteroatoms. The summed E-state index contributed by atoms with van der Waals surface area (Å²) in [6, 6.07) is 6.96. The summed E-state index contributed by atoms with van der Waals surface area (Å²) in [6.45, 7) is 9.84. The lowest BCUT2D eigenvalue weighted by Crippen LogP contribution is -2.51. The number of aryl methyl sites for hydroxylation is 1. The third-order valence-electron chi connectivity index (χ3n) is 5.88. The zero-order valence-corrected chi connectivity index (χ0v) is 19.4. The van der Waals surface area contributed by atoms with E-state index in [-0.39, 0.29) is 24.0 Å². The highest BCUT2D eigenvalue weighted by molar-refractivity contribution is 14.0. The summed E-state index contributed by atoms with van der Waals surface area (Å²) in [5, 5.41) is 3.38. The van der Waals surface area contributed by atoms with Crippen LogP contribution in [-0.2, 0) is 12.8 Å². The second-order valence-corrected chi connectivity index (χ2v) is 8.15. The lowest BCUT2D eigenvalue weighted by atomic mass is 9.90. The third kappa shape index (κ3) is 6.06. The molecular formula is C21H36IN5. The topological polar surface area (TPSA) is 56.9 Å². The number of anilines is 1. The Labute approximate surface area is 181 Å². The Hall–Kier alpha value is -0.860. The molecule has 0 bridgehead atoms. The molecule has 3 N–H and O–H groups in total. The number of halogens is 1. The molecule has 0 spiro atoms. The summed E-state index contributed by atoms with van der Waals surface area (Å²) in [5.74, 6) is 1.11. The standard InChI is InChI=1S/C21H35N5.HI/c1-16(2)20(26-13-11-25(3)12-14-26)15-23-21(22)24-19-10-6-8-17-7-4-5-9-18(17)19;/h6,8,10,16,20H,4-5,7,9,11-15H2,1-3H3,(H3,22,23,24);1H. The molecule has 1 fully saturated rings. The highest BCUT2D eigenvalue weighted by Crippen LogP contribution is 2.27. The van der Waals surface area contributed by atoms with Gasteiger partial charge >= 0.3 is 0 Å². The van der Waals surface area contributed by atoms with Crippen molar-refractivity contribution in [3.05, 3.63) is 29.3 Å². The van der Waals surface area contributed by atoms with Crippen molar-refractivity contribution < 1.29 is 0 Å². The first kappa shape index (κ1) is 22.4. The van der Waals surface area contributed by atoms with Crippen LogP contribution in [0.2, 0.25) is 0 Å². The maximum absolute atomic E-state index is 6.25. The molecule has 0 aromatic heterocycles. The van der Waals surface area contributed by atoms with Crippen LogP contribution in [0.5, 0.6) is 0 Å². The maximum Gasteiger partial charge on any atom is 0.193 e. The second-order valence-electron chi connectivity index (χ2n) is 8.15. The van der Waals surface area contributed by atoms with Gasteiger partial charge in [-0.2, -0.15) is 0 Å². The molecule has 152 valence electrons. The fraction of sp³-hybridized carbons (Fsp3) is 0.667. The maximum atomic E-state index is 6.25. The summed E-state index contributed by atoms with van der Waals surface area (Å²) < 4.78 is 0. The summed E-state index contributed by atoms with van der Waals surface area (Å²) in [4.78, 5) is 9.68. The molecule has 1 aromatic carbocycles. The summed E-state index contributed by atoms with van der Waals surface area (Å²) in [5.41, 5.74) is 10.3. The van der Waals surface area contributed by atoms with Crippen LogP contribution in [0.1, 0.15) is 37.8 Å². The van der Waals surface area contributed by atoms with E-state index in [2.05, 4.69) is 54.2 Å². The van der Waals surface area contributed by atoms with Crippen molar-refractivity contribution in [1.82, 2.24) is 9.80 Å². The van der Waals surface area contributed by atoms with Crippen molar-refractivity contribution in [3.8, 4) is 0 Å². The van der Waals surface area contributed by atoms with E-state index in [4.69, 9.17) is 10.7 Å². The number of benzene rings is 1. The Morgan fingerprint density at radius 2 is 1.85 bits per heavy atom. The molecule has 1 unspecified atom stereocenters. The van der Waals surface area contributed by atoms with E-state index in [1.165, 1.54) is 30.4 Å². The number of likely N-dealkylation sites (N-methyl/N-ethyl adjacent to an activating group) is 1. The highest BCUT2D eigenvalue weighted by atomic mass is 127. The van der Waals surface area contributed by atoms with Crippen LogP contribution in [0.3, 0.4) is 0 Å². The zero-order valence-electron chi connectivity index (χ0n) is 17.1. The Kier molecular flexibility index (Phi) is 8.82. The number of hydrogen-bond acceptors (Lipinski definition) is 3. The van der Waals surface area contributed by atoms with E-state index in [0.717, 1.165) is 44.8 Å². The molecule has 5 nitrogen and oxygen atoms in total. The van der Waals surface area contributed by atoms with Crippen molar-refractivity contribution in [3.63, 3.8) is 0 Å². The van der Waals surface area contributed by atoms with E-state index in [0.29, 0.717) is 17.9 Å². The van der Waals surface area contributed by atoms with Crippen LogP contribution in [0, 0.1) is 5.92 Å². The Morgan fingerprint density at radius 3 is 2.56 bits per heavy atom. The normalized spacial score (nSPS) is 20.1. The molecule has 1 heterocycles. The predicted molar refractivity (Wildman–Crippen MR) is 126 cm³/mol. The number of nitrogens with one attached hydrogen (secondary N) is 1. The van der Waals surface area contributed by atoms with Crippen molar-refractivity contribution in [2.24, 2.45) is 16.6 Å². The van der Waals surface area contributed by atoms with E-state index < -0.39 is 0 Å². The monoisotopic (exact) mass is 485 g/mol. The Bertz CT molecular complexity index is 623. The number of rotatable bonds is 5. The van der Waals surface area contributed by atoms with Crippen LogP contribution in [-0.4, -0.2) is 61.6 Å². The van der Waals surface area contributed by atoms with Gasteiger partial charge in [-0.1, -0.05) is 26.0 Å². The number of nitrogens with two attached hydrogens (primary N) is 1. The second kappa shape index (κ2) is 10.6. The van der Waals surface area contributed by atoms with Gasteiger partial charge in [-0.25, -0.2) is 0 Å². The lowest BCUT2D eigenvalue weighted by Gasteiger charge is -2.39. The van der Waals surface area contributed by atoms with E-state index in [1.54, 1.807) is 0 Å². The van der Waals surface area contributed by atoms with E-state index >= 15 is 0 Å². The number of aliphatic imine (C=N–C) groups is 1. The Balaban J connectivity index is 0.00000261. The van der Waals surface area contributed by atoms with Gasteiger partial charge in [0.15, 0.2) is 5.96 Å². The average molecular weight is 485 g/mol. The SMILES string of the molecule is CC(C)C(CN=C(N)Nc1cccc2c1CCCC2)N1CCN(C)CC1.I. The van der Waals surface area contributed by atoms with Crippen LogP contribution in [0.4, 0.5) is 5.69 Å². The molecule has 1 saturated heterocycles. The van der Waals surface area contributed by atoms with Gasteiger partial charge in [-0.3, -0.25) is 9.89 Å². The largest absolute Gasteiger partial charge is 0.370 e. The number of fused-ring (bicyclic) bond motifs is 1. The smallest absolute Gasteiger partial charge is 0.193 e. The van der Waals surface area contributed by atoms with E-state index in [1.807, 2.05) is 0 Å². The van der Waals surface area contributed by atoms with Gasteiger partial charge < -0.3 is 16.0 Å². The van der Waals surface area contributed by atoms with Crippen LogP contribution < -0.4 is 11.1 Å². The molecule has 27 heavy (non-hydrogen) atoms. The van der Waals surface area contributed by atoms with Gasteiger partial charge in [0, 0.05) is 37.9 Å². The minimum absolute atomic E-state index is 0. The minimum Gasteiger partial charge on any atom is -0.370 e. The predicted octanol–water partition coefficient (Wildman–Crippen LogP) is 3.18. The number of nitrogens with zero attached hydrogens (tertiary/aromatic N) is 3. The molecule has 1 atom stereocenters. The van der Waals surface area contributed by atoms with Crippen molar-refractivity contribution in [2.75, 3.05) is 45.1 Å². The number of piperazine rings is 1. The van der Waals surface area contributed by atoms with Gasteiger partial charge in [0.1, 0.15) is 0 Å². The number of hydrogen-bond donors (Lipinski definition) is 2. The number of guanidine groups is 1. The van der Waals surface area contributed by atoms with Crippen molar-refractivity contribution in [2.45, 2.75) is 45.6 Å². The highest BCUT2D eigenvalue weighted by Gasteiger charge is 2.24. The zero-order chi connectivity index (χ0) is 18.5. The summed E-state index contributed by atoms with van der Waals surface area (Å²) in [6.07, 6.45) is 4.88. The van der Waals surface area contributed by atoms with Gasteiger partial charge in [-0.05, 0) is 55.8 Å². The Morgan fingerprint density at radius 1 is 1.15 bits per heavy atom. The summed E-state index contributed by atoms with van der Waals surface area (Å²) in [7, 11) is 2.20. The van der Waals surface area contributed by atoms with Crippen LogP contribution in [0.15, 0.2) is 23.2 Å². The van der Waals surface area contributed by atoms with Gasteiger partial charge in [-0.15, -0.1) is 24.0 Å². The molecular weight excluding hydrogens is 449 g/mol. The van der Waals surface area contributed by atoms with Gasteiger partial charge in [0.2, 0.25) is 0 Å². The molecule has 1 aliphatic carbocycles. The average Bonchev–Trinajstić information content (AvgIpc) is 2.63. The fourth-order valence-electron chi connectivity index (χ4n) is 4.17. The molecule has 0 saturated carbocycles. The van der Waals surface area contributed by atoms with E-state index in [9.17, 15) is 0 Å². The lowest BCUT2D eigenvalue weighted by molar-refractivity contribution is 0.0926. The first-order valence-corrected chi connectivity index (χ1v) is 10.1. The molecule has 0 radical (unpaired) electrons.